The molecule has 0 unspecified atom stereocenters. The maximum atomic E-state index is 11.4. The molecule has 0 radical (unpaired) electrons. The summed E-state index contributed by atoms with van der Waals surface area (Å²) in [6.07, 6.45) is 4.50. The summed E-state index contributed by atoms with van der Waals surface area (Å²) in [7, 11) is 0. The Labute approximate surface area is 107 Å². The lowest BCUT2D eigenvalue weighted by atomic mass is 9.83. The van der Waals surface area contributed by atoms with E-state index in [0.717, 1.165) is 19.0 Å². The Kier molecular flexibility index (Phi) is 3.08. The molecule has 18 heavy (non-hydrogen) atoms. The van der Waals surface area contributed by atoms with Crippen molar-refractivity contribution in [3.8, 4) is 0 Å². The van der Waals surface area contributed by atoms with E-state index in [0.29, 0.717) is 6.42 Å². The minimum atomic E-state index is -0.677. The van der Waals surface area contributed by atoms with Crippen molar-refractivity contribution in [3.05, 3.63) is 35.4 Å². The molecule has 0 saturated heterocycles. The fourth-order valence-corrected chi connectivity index (χ4v) is 3.02. The van der Waals surface area contributed by atoms with E-state index in [4.69, 9.17) is 0 Å². The van der Waals surface area contributed by atoms with Gasteiger partial charge in [0.05, 0.1) is 0 Å². The monoisotopic (exact) mass is 245 g/mol. The van der Waals surface area contributed by atoms with Gasteiger partial charge in [-0.1, -0.05) is 30.7 Å². The zero-order chi connectivity index (χ0) is 12.5. The summed E-state index contributed by atoms with van der Waals surface area (Å²) in [6, 6.07) is 7.90. The van der Waals surface area contributed by atoms with Crippen molar-refractivity contribution in [2.24, 2.45) is 5.92 Å². The number of benzene rings is 1. The highest BCUT2D eigenvalue weighted by atomic mass is 16.4. The molecule has 3 rings (SSSR count). The van der Waals surface area contributed by atoms with Crippen LogP contribution >= 0.6 is 0 Å². The first-order valence-electron chi connectivity index (χ1n) is 6.77. The summed E-state index contributed by atoms with van der Waals surface area (Å²) in [5.41, 5.74) is 2.50. The molecule has 1 heterocycles. The van der Waals surface area contributed by atoms with Crippen LogP contribution in [0.2, 0.25) is 0 Å². The van der Waals surface area contributed by atoms with Gasteiger partial charge in [0.15, 0.2) is 0 Å². The lowest BCUT2D eigenvalue weighted by Gasteiger charge is -2.38. The average Bonchev–Trinajstić information content (AvgIpc) is 2.32. The van der Waals surface area contributed by atoms with Gasteiger partial charge in [0.2, 0.25) is 0 Å². The molecule has 1 atom stereocenters. The van der Waals surface area contributed by atoms with Gasteiger partial charge in [0.25, 0.3) is 0 Å². The molecule has 0 spiro atoms. The molecule has 2 aliphatic rings. The largest absolute Gasteiger partial charge is 0.480 e. The van der Waals surface area contributed by atoms with E-state index in [9.17, 15) is 9.90 Å². The molecule has 0 amide bonds. The lowest BCUT2D eigenvalue weighted by Crippen LogP contribution is -2.48. The summed E-state index contributed by atoms with van der Waals surface area (Å²) in [4.78, 5) is 13.6. The van der Waals surface area contributed by atoms with Crippen molar-refractivity contribution in [2.75, 3.05) is 6.54 Å². The van der Waals surface area contributed by atoms with E-state index in [2.05, 4.69) is 17.0 Å². The molecule has 3 heteroatoms. The summed E-state index contributed by atoms with van der Waals surface area (Å²) < 4.78 is 0. The fourth-order valence-electron chi connectivity index (χ4n) is 3.02. The van der Waals surface area contributed by atoms with Crippen LogP contribution in [0, 0.1) is 5.92 Å². The van der Waals surface area contributed by atoms with Crippen LogP contribution in [-0.2, 0) is 17.8 Å². The quantitative estimate of drug-likeness (QED) is 0.888. The highest BCUT2D eigenvalue weighted by molar-refractivity contribution is 5.74. The van der Waals surface area contributed by atoms with Crippen molar-refractivity contribution in [2.45, 2.75) is 38.3 Å². The molecule has 0 aromatic heterocycles. The number of aliphatic carboxylic acids is 1. The molecule has 1 aliphatic carbocycles. The van der Waals surface area contributed by atoms with Gasteiger partial charge in [-0.2, -0.15) is 0 Å². The Hall–Kier alpha value is -1.35. The van der Waals surface area contributed by atoms with E-state index in [1.807, 2.05) is 12.1 Å². The fraction of sp³-hybridized carbons (Fsp3) is 0.533. The Morgan fingerprint density at radius 1 is 1.28 bits per heavy atom. The number of carboxylic acids is 1. The number of carboxylic acid groups (broad SMARTS) is 1. The summed E-state index contributed by atoms with van der Waals surface area (Å²) >= 11 is 0. The molecular weight excluding hydrogens is 226 g/mol. The summed E-state index contributed by atoms with van der Waals surface area (Å²) in [5.74, 6) is 0.0425. The SMILES string of the molecule is O=C(O)[C@@H]1Cc2ccccc2CN1CC1CCC1. The Morgan fingerprint density at radius 3 is 2.61 bits per heavy atom. The number of hydrogen-bond acceptors (Lipinski definition) is 2. The van der Waals surface area contributed by atoms with Gasteiger partial charge in [-0.25, -0.2) is 0 Å². The Balaban J connectivity index is 1.80. The Morgan fingerprint density at radius 2 is 2.00 bits per heavy atom. The van der Waals surface area contributed by atoms with Crippen LogP contribution in [0.15, 0.2) is 24.3 Å². The maximum Gasteiger partial charge on any atom is 0.321 e. The van der Waals surface area contributed by atoms with E-state index in [1.165, 1.54) is 30.4 Å². The van der Waals surface area contributed by atoms with Gasteiger partial charge in [-0.15, -0.1) is 0 Å². The van der Waals surface area contributed by atoms with E-state index >= 15 is 0 Å². The van der Waals surface area contributed by atoms with Crippen LogP contribution in [0.5, 0.6) is 0 Å². The molecular formula is C15H19NO2. The standard InChI is InChI=1S/C15H19NO2/c17-15(18)14-8-12-6-1-2-7-13(12)10-16(14)9-11-4-3-5-11/h1-2,6-7,11,14H,3-5,8-10H2,(H,17,18)/t14-/m0/s1. The van der Waals surface area contributed by atoms with Crippen molar-refractivity contribution in [3.63, 3.8) is 0 Å². The molecule has 0 bridgehead atoms. The van der Waals surface area contributed by atoms with Crippen molar-refractivity contribution in [1.82, 2.24) is 4.90 Å². The van der Waals surface area contributed by atoms with Crippen LogP contribution in [0.25, 0.3) is 0 Å². The maximum absolute atomic E-state index is 11.4. The molecule has 96 valence electrons. The molecule has 1 N–H and O–H groups in total. The zero-order valence-electron chi connectivity index (χ0n) is 10.5. The first kappa shape index (κ1) is 11.7. The molecule has 1 saturated carbocycles. The smallest absolute Gasteiger partial charge is 0.321 e. The van der Waals surface area contributed by atoms with E-state index in [-0.39, 0.29) is 6.04 Å². The van der Waals surface area contributed by atoms with Gasteiger partial charge in [0.1, 0.15) is 6.04 Å². The normalized spacial score (nSPS) is 24.3. The Bertz CT molecular complexity index is 454. The first-order chi connectivity index (χ1) is 8.74. The van der Waals surface area contributed by atoms with Crippen molar-refractivity contribution < 1.29 is 9.90 Å². The minimum Gasteiger partial charge on any atom is -0.480 e. The molecule has 1 aromatic carbocycles. The molecule has 1 aromatic rings. The minimum absolute atomic E-state index is 0.333. The molecule has 1 aliphatic heterocycles. The van der Waals surface area contributed by atoms with E-state index < -0.39 is 5.97 Å². The number of fused-ring (bicyclic) bond motifs is 1. The third-order valence-electron chi connectivity index (χ3n) is 4.35. The number of carbonyl (C=O) groups is 1. The third-order valence-corrected chi connectivity index (χ3v) is 4.35. The van der Waals surface area contributed by atoms with Crippen LogP contribution in [0.1, 0.15) is 30.4 Å². The highest BCUT2D eigenvalue weighted by Crippen LogP contribution is 2.31. The molecule has 3 nitrogen and oxygen atoms in total. The van der Waals surface area contributed by atoms with Crippen LogP contribution in [0.4, 0.5) is 0 Å². The first-order valence-corrected chi connectivity index (χ1v) is 6.77. The third kappa shape index (κ3) is 2.15. The average molecular weight is 245 g/mol. The summed E-state index contributed by atoms with van der Waals surface area (Å²) in [6.45, 7) is 1.74. The van der Waals surface area contributed by atoms with Gasteiger partial charge in [0, 0.05) is 13.1 Å². The second-order valence-electron chi connectivity index (χ2n) is 5.55. The lowest BCUT2D eigenvalue weighted by molar-refractivity contribution is -0.144. The van der Waals surface area contributed by atoms with Crippen molar-refractivity contribution in [1.29, 1.82) is 0 Å². The summed E-state index contributed by atoms with van der Waals surface area (Å²) in [5, 5.41) is 9.40. The van der Waals surface area contributed by atoms with Crippen molar-refractivity contribution >= 4 is 5.97 Å². The van der Waals surface area contributed by atoms with Gasteiger partial charge < -0.3 is 5.11 Å². The van der Waals surface area contributed by atoms with Crippen LogP contribution in [0.3, 0.4) is 0 Å². The highest BCUT2D eigenvalue weighted by Gasteiger charge is 2.33. The molecule has 1 fully saturated rings. The second-order valence-corrected chi connectivity index (χ2v) is 5.55. The number of hydrogen-bond donors (Lipinski definition) is 1. The predicted octanol–water partition coefficient (Wildman–Crippen LogP) is 2.30. The second kappa shape index (κ2) is 4.73. The number of rotatable bonds is 3. The van der Waals surface area contributed by atoms with Crippen LogP contribution < -0.4 is 0 Å². The van der Waals surface area contributed by atoms with Gasteiger partial charge in [-0.3, -0.25) is 9.69 Å². The van der Waals surface area contributed by atoms with E-state index in [1.54, 1.807) is 0 Å². The topological polar surface area (TPSA) is 40.5 Å². The predicted molar refractivity (Wildman–Crippen MR) is 69.3 cm³/mol. The zero-order valence-corrected chi connectivity index (χ0v) is 10.5. The van der Waals surface area contributed by atoms with Gasteiger partial charge in [-0.05, 0) is 36.3 Å². The number of nitrogens with zero attached hydrogens (tertiary/aromatic N) is 1. The van der Waals surface area contributed by atoms with Gasteiger partial charge >= 0.3 is 5.97 Å². The van der Waals surface area contributed by atoms with Crippen LogP contribution in [-0.4, -0.2) is 28.6 Å².